The van der Waals surface area contributed by atoms with Gasteiger partial charge in [-0.3, -0.25) is 18.7 Å². The summed E-state index contributed by atoms with van der Waals surface area (Å²) in [6.07, 6.45) is 3.02. The Kier molecular flexibility index (Phi) is 5.34. The van der Waals surface area contributed by atoms with Crippen molar-refractivity contribution in [2.45, 2.75) is 20.4 Å². The third-order valence-corrected chi connectivity index (χ3v) is 5.11. The van der Waals surface area contributed by atoms with Gasteiger partial charge in [0.15, 0.2) is 0 Å². The van der Waals surface area contributed by atoms with E-state index in [9.17, 15) is 19.6 Å². The molecule has 0 saturated heterocycles. The zero-order chi connectivity index (χ0) is 22.2. The van der Waals surface area contributed by atoms with Crippen LogP contribution in [-0.4, -0.2) is 19.5 Å². The first-order valence-corrected chi connectivity index (χ1v) is 9.08. The number of carbonyl (C=O) groups excluding carboxylic acids is 1. The van der Waals surface area contributed by atoms with Crippen LogP contribution < -0.4 is 17.0 Å². The summed E-state index contributed by atoms with van der Waals surface area (Å²) in [5.74, 6) is -0.343. The minimum absolute atomic E-state index is 0.254. The van der Waals surface area contributed by atoms with E-state index in [4.69, 9.17) is 10.2 Å². The monoisotopic (exact) mass is 407 g/mol. The number of aromatic nitrogens is 3. The molecule has 0 unspecified atom stereocenters. The zero-order valence-corrected chi connectivity index (χ0v) is 17.1. The van der Waals surface area contributed by atoms with Gasteiger partial charge in [-0.25, -0.2) is 4.79 Å². The number of rotatable bonds is 5. The van der Waals surface area contributed by atoms with Crippen LogP contribution in [0.2, 0.25) is 0 Å². The first kappa shape index (κ1) is 20.7. The van der Waals surface area contributed by atoms with Gasteiger partial charge in [0.1, 0.15) is 28.8 Å². The molecular formula is C21H21N5O4. The third kappa shape index (κ3) is 3.39. The van der Waals surface area contributed by atoms with Gasteiger partial charge in [0.05, 0.1) is 12.8 Å². The number of nitriles is 1. The van der Waals surface area contributed by atoms with E-state index in [1.807, 2.05) is 36.6 Å². The lowest BCUT2D eigenvalue weighted by molar-refractivity contribution is 0.103. The summed E-state index contributed by atoms with van der Waals surface area (Å²) in [4.78, 5) is 37.4. The summed E-state index contributed by atoms with van der Waals surface area (Å²) in [5, 5.41) is 9.59. The van der Waals surface area contributed by atoms with E-state index in [-0.39, 0.29) is 11.4 Å². The number of nitrogens with zero attached hydrogens (tertiary/aromatic N) is 4. The van der Waals surface area contributed by atoms with Gasteiger partial charge in [0.25, 0.3) is 5.56 Å². The van der Waals surface area contributed by atoms with Crippen LogP contribution in [0.15, 0.2) is 44.0 Å². The number of nitrogen functional groups attached to an aromatic ring is 1. The Morgan fingerprint density at radius 3 is 2.57 bits per heavy atom. The number of hydrogen-bond donors (Lipinski definition) is 1. The minimum Gasteiger partial charge on any atom is -0.467 e. The van der Waals surface area contributed by atoms with Gasteiger partial charge in [0, 0.05) is 25.5 Å². The molecule has 0 aromatic carbocycles. The van der Waals surface area contributed by atoms with Crippen molar-refractivity contribution >= 4 is 17.7 Å². The molecule has 0 aliphatic rings. The number of hydrogen-bond acceptors (Lipinski definition) is 6. The highest BCUT2D eigenvalue weighted by atomic mass is 16.3. The van der Waals surface area contributed by atoms with E-state index in [1.54, 1.807) is 12.3 Å². The third-order valence-electron chi connectivity index (χ3n) is 5.11. The summed E-state index contributed by atoms with van der Waals surface area (Å²) >= 11 is 0. The smallest absolute Gasteiger partial charge is 0.332 e. The Morgan fingerprint density at radius 1 is 1.27 bits per heavy atom. The fraction of sp³-hybridized carbons (Fsp3) is 0.238. The molecule has 3 aromatic rings. The first-order valence-electron chi connectivity index (χ1n) is 9.08. The summed E-state index contributed by atoms with van der Waals surface area (Å²) in [6.45, 7) is 4.27. The number of carbonyl (C=O) groups is 1. The van der Waals surface area contributed by atoms with Crippen molar-refractivity contribution in [3.05, 3.63) is 79.1 Å². The van der Waals surface area contributed by atoms with Crippen molar-refractivity contribution < 1.29 is 9.21 Å². The van der Waals surface area contributed by atoms with Crippen molar-refractivity contribution in [3.63, 3.8) is 0 Å². The molecule has 0 aliphatic heterocycles. The Hall–Kier alpha value is -4.06. The van der Waals surface area contributed by atoms with E-state index >= 15 is 0 Å². The van der Waals surface area contributed by atoms with Gasteiger partial charge < -0.3 is 14.7 Å². The minimum atomic E-state index is -0.843. The number of furan rings is 1. The van der Waals surface area contributed by atoms with Crippen LogP contribution in [0.3, 0.4) is 0 Å². The van der Waals surface area contributed by atoms with Crippen LogP contribution in [0.1, 0.15) is 33.1 Å². The second kappa shape index (κ2) is 7.75. The van der Waals surface area contributed by atoms with Crippen LogP contribution in [0, 0.1) is 25.2 Å². The van der Waals surface area contributed by atoms with Gasteiger partial charge in [-0.15, -0.1) is 0 Å². The number of anilines is 1. The number of nitrogens with two attached hydrogens (primary N) is 1. The molecule has 0 bridgehead atoms. The van der Waals surface area contributed by atoms with E-state index < -0.39 is 22.6 Å². The maximum Gasteiger partial charge on any atom is 0.332 e. The molecule has 3 rings (SSSR count). The maximum absolute atomic E-state index is 13.0. The van der Waals surface area contributed by atoms with Gasteiger partial charge in [-0.05, 0) is 43.7 Å². The highest BCUT2D eigenvalue weighted by Crippen LogP contribution is 2.21. The lowest BCUT2D eigenvalue weighted by atomic mass is 10.0. The first-order chi connectivity index (χ1) is 14.2. The molecule has 0 atom stereocenters. The van der Waals surface area contributed by atoms with Gasteiger partial charge in [-0.1, -0.05) is 0 Å². The lowest BCUT2D eigenvalue weighted by Crippen LogP contribution is -2.41. The zero-order valence-electron chi connectivity index (χ0n) is 17.1. The fourth-order valence-corrected chi connectivity index (χ4v) is 3.29. The SMILES string of the molecule is Cc1cc(/C=C(\C#N)C(=O)c2c(N)n(C)c(=O)n(C)c2=O)c(C)n1Cc1ccco1. The number of ketones is 1. The molecule has 2 N–H and O–H groups in total. The number of allylic oxidation sites excluding steroid dienone is 1. The average Bonchev–Trinajstić information content (AvgIpc) is 3.33. The van der Waals surface area contributed by atoms with Crippen LogP contribution in [0.4, 0.5) is 5.82 Å². The van der Waals surface area contributed by atoms with Crippen molar-refractivity contribution in [1.82, 2.24) is 13.7 Å². The molecule has 0 amide bonds. The number of Topliss-reactive ketones (excluding diaryl/α,β-unsaturated/α-hetero) is 1. The van der Waals surface area contributed by atoms with E-state index in [1.165, 1.54) is 20.2 Å². The standard InChI is InChI=1S/C21H21N5O4/c1-12-8-14(13(2)26(12)11-16-6-5-7-30-16)9-15(10-22)18(27)17-19(23)24(3)21(29)25(4)20(17)28/h5-9H,11,23H2,1-4H3/b15-9+. The van der Waals surface area contributed by atoms with Crippen LogP contribution >= 0.6 is 0 Å². The van der Waals surface area contributed by atoms with Gasteiger partial charge >= 0.3 is 5.69 Å². The normalized spacial score (nSPS) is 11.5. The van der Waals surface area contributed by atoms with E-state index in [0.717, 1.165) is 26.3 Å². The largest absolute Gasteiger partial charge is 0.467 e. The van der Waals surface area contributed by atoms with Crippen molar-refractivity contribution in [2.24, 2.45) is 14.1 Å². The van der Waals surface area contributed by atoms with Gasteiger partial charge in [-0.2, -0.15) is 5.26 Å². The van der Waals surface area contributed by atoms with Crippen LogP contribution in [-0.2, 0) is 20.6 Å². The molecular weight excluding hydrogens is 386 g/mol. The Labute approximate surface area is 171 Å². The summed E-state index contributed by atoms with van der Waals surface area (Å²) < 4.78 is 9.17. The van der Waals surface area contributed by atoms with Gasteiger partial charge in [0.2, 0.25) is 5.78 Å². The molecule has 0 saturated carbocycles. The molecule has 0 aliphatic carbocycles. The van der Waals surface area contributed by atoms with Crippen molar-refractivity contribution in [3.8, 4) is 6.07 Å². The predicted molar refractivity (Wildman–Crippen MR) is 111 cm³/mol. The Balaban J connectivity index is 2.08. The lowest BCUT2D eigenvalue weighted by Gasteiger charge is -2.10. The Morgan fingerprint density at radius 2 is 1.97 bits per heavy atom. The molecule has 154 valence electrons. The highest BCUT2D eigenvalue weighted by molar-refractivity contribution is 6.16. The summed E-state index contributed by atoms with van der Waals surface area (Å²) in [5.41, 5.74) is 6.09. The van der Waals surface area contributed by atoms with E-state index in [2.05, 4.69) is 0 Å². The van der Waals surface area contributed by atoms with Crippen molar-refractivity contribution in [2.75, 3.05) is 5.73 Å². The molecule has 9 nitrogen and oxygen atoms in total. The second-order valence-electron chi connectivity index (χ2n) is 6.96. The molecule has 9 heteroatoms. The van der Waals surface area contributed by atoms with E-state index in [0.29, 0.717) is 12.1 Å². The summed E-state index contributed by atoms with van der Waals surface area (Å²) in [6, 6.07) is 7.35. The van der Waals surface area contributed by atoms with Crippen molar-refractivity contribution in [1.29, 1.82) is 5.26 Å². The molecule has 0 fully saturated rings. The van der Waals surface area contributed by atoms with Crippen LogP contribution in [0.25, 0.3) is 6.08 Å². The topological polar surface area (TPSA) is 129 Å². The Bertz CT molecular complexity index is 1330. The second-order valence-corrected chi connectivity index (χ2v) is 6.96. The molecule has 0 spiro atoms. The number of aryl methyl sites for hydroxylation is 1. The molecule has 0 radical (unpaired) electrons. The molecule has 3 heterocycles. The quantitative estimate of drug-likeness (QED) is 0.388. The highest BCUT2D eigenvalue weighted by Gasteiger charge is 2.24. The molecule has 3 aromatic heterocycles. The molecule has 30 heavy (non-hydrogen) atoms. The summed E-state index contributed by atoms with van der Waals surface area (Å²) in [7, 11) is 2.60. The predicted octanol–water partition coefficient (Wildman–Crippen LogP) is 1.52. The maximum atomic E-state index is 13.0. The fourth-order valence-electron chi connectivity index (χ4n) is 3.29. The average molecular weight is 407 g/mol. The van der Waals surface area contributed by atoms with Crippen LogP contribution in [0.5, 0.6) is 0 Å².